The number of ether oxygens (including phenoxy) is 1. The van der Waals surface area contributed by atoms with Gasteiger partial charge in [-0.05, 0) is 19.9 Å². The van der Waals surface area contributed by atoms with Gasteiger partial charge < -0.3 is 15.4 Å². The zero-order chi connectivity index (χ0) is 19.1. The highest BCUT2D eigenvalue weighted by Gasteiger charge is 2.17. The molecule has 1 aromatic carbocycles. The third-order valence-electron chi connectivity index (χ3n) is 3.02. The molecule has 1 heterocycles. The Bertz CT molecular complexity index is 860. The molecule has 1 aromatic heterocycles. The van der Waals surface area contributed by atoms with Gasteiger partial charge in [0, 0.05) is 24.0 Å². The third kappa shape index (κ3) is 4.91. The van der Waals surface area contributed by atoms with E-state index in [0.29, 0.717) is 5.69 Å². The molecule has 0 radical (unpaired) electrons. The van der Waals surface area contributed by atoms with Gasteiger partial charge in [0.25, 0.3) is 5.69 Å². The van der Waals surface area contributed by atoms with Gasteiger partial charge in [-0.2, -0.15) is 4.98 Å². The highest BCUT2D eigenvalue weighted by molar-refractivity contribution is 5.94. The van der Waals surface area contributed by atoms with Crippen molar-refractivity contribution in [1.29, 1.82) is 0 Å². The van der Waals surface area contributed by atoms with Crippen molar-refractivity contribution in [2.24, 2.45) is 0 Å². The van der Waals surface area contributed by atoms with Crippen LogP contribution in [0.15, 0.2) is 30.5 Å². The molecule has 9 nitrogen and oxygen atoms in total. The van der Waals surface area contributed by atoms with Crippen molar-refractivity contribution in [2.75, 3.05) is 17.2 Å². The maximum Gasteiger partial charge on any atom is 0.343 e. The fourth-order valence-corrected chi connectivity index (χ4v) is 1.96. The molecule has 134 valence electrons. The Morgan fingerprint density at radius 2 is 2.23 bits per heavy atom. The molecule has 2 aromatic rings. The highest BCUT2D eigenvalue weighted by Crippen LogP contribution is 2.22. The predicted molar refractivity (Wildman–Crippen MR) is 96.3 cm³/mol. The van der Waals surface area contributed by atoms with Gasteiger partial charge in [0.15, 0.2) is 0 Å². The van der Waals surface area contributed by atoms with Gasteiger partial charge in [-0.1, -0.05) is 12.0 Å². The minimum atomic E-state index is -0.582. The second-order valence-electron chi connectivity index (χ2n) is 5.40. The average Bonchev–Trinajstić information content (AvgIpc) is 2.59. The lowest BCUT2D eigenvalue weighted by molar-refractivity contribution is -0.384. The number of hydrogen-bond acceptors (Lipinski definition) is 8. The number of rotatable bonds is 7. The number of nitrogens with one attached hydrogen (secondary N) is 2. The van der Waals surface area contributed by atoms with Crippen LogP contribution in [0.1, 0.15) is 24.2 Å². The molecule has 0 saturated heterocycles. The number of terminal acetylenes is 1. The molecule has 2 rings (SSSR count). The van der Waals surface area contributed by atoms with Crippen LogP contribution in [0.2, 0.25) is 0 Å². The Hall–Kier alpha value is -3.67. The van der Waals surface area contributed by atoms with Gasteiger partial charge in [-0.15, -0.1) is 6.42 Å². The first-order valence-electron chi connectivity index (χ1n) is 7.67. The molecule has 26 heavy (non-hydrogen) atoms. The first-order chi connectivity index (χ1) is 12.4. The number of carbonyl (C=O) groups is 1. The Morgan fingerprint density at radius 1 is 1.46 bits per heavy atom. The predicted octanol–water partition coefficient (Wildman–Crippen LogP) is 2.74. The zero-order valence-corrected chi connectivity index (χ0v) is 14.2. The monoisotopic (exact) mass is 355 g/mol. The van der Waals surface area contributed by atoms with E-state index >= 15 is 0 Å². The number of anilines is 3. The summed E-state index contributed by atoms with van der Waals surface area (Å²) < 4.78 is 5.15. The van der Waals surface area contributed by atoms with E-state index in [9.17, 15) is 14.9 Å². The van der Waals surface area contributed by atoms with Crippen LogP contribution < -0.4 is 10.6 Å². The minimum absolute atomic E-state index is 0.0715. The molecule has 0 fully saturated rings. The van der Waals surface area contributed by atoms with Crippen molar-refractivity contribution in [3.05, 3.63) is 46.1 Å². The molecule has 0 spiro atoms. The quantitative estimate of drug-likeness (QED) is 0.337. The summed E-state index contributed by atoms with van der Waals surface area (Å²) in [6.07, 6.45) is 6.24. The number of benzene rings is 1. The second kappa shape index (κ2) is 8.43. The Morgan fingerprint density at radius 3 is 2.88 bits per heavy atom. The van der Waals surface area contributed by atoms with Gasteiger partial charge in [0.05, 0.1) is 17.6 Å². The fraction of sp³-hybridized carbons (Fsp3) is 0.235. The summed E-state index contributed by atoms with van der Waals surface area (Å²) in [4.78, 5) is 30.8. The largest absolute Gasteiger partial charge is 0.459 e. The number of nitro groups is 1. The van der Waals surface area contributed by atoms with E-state index in [-0.39, 0.29) is 35.7 Å². The van der Waals surface area contributed by atoms with Gasteiger partial charge in [-0.25, -0.2) is 9.78 Å². The molecule has 9 heteroatoms. The maximum atomic E-state index is 12.1. The lowest BCUT2D eigenvalue weighted by Gasteiger charge is -2.13. The molecule has 0 aliphatic rings. The summed E-state index contributed by atoms with van der Waals surface area (Å²) in [5.74, 6) is 2.16. The van der Waals surface area contributed by atoms with Crippen molar-refractivity contribution in [3.63, 3.8) is 0 Å². The minimum Gasteiger partial charge on any atom is -0.459 e. The van der Waals surface area contributed by atoms with Crippen molar-refractivity contribution in [2.45, 2.75) is 20.0 Å². The molecule has 0 aliphatic carbocycles. The number of aromatic nitrogens is 2. The van der Waals surface area contributed by atoms with Crippen molar-refractivity contribution in [3.8, 4) is 12.3 Å². The summed E-state index contributed by atoms with van der Waals surface area (Å²) >= 11 is 0. The summed E-state index contributed by atoms with van der Waals surface area (Å²) in [6.45, 7) is 3.60. The van der Waals surface area contributed by atoms with Crippen molar-refractivity contribution in [1.82, 2.24) is 9.97 Å². The number of hydrogen-bond donors (Lipinski definition) is 2. The summed E-state index contributed by atoms with van der Waals surface area (Å²) in [5, 5.41) is 16.5. The van der Waals surface area contributed by atoms with Crippen LogP contribution in [0.3, 0.4) is 0 Å². The lowest BCUT2D eigenvalue weighted by atomic mass is 10.3. The Balaban J connectivity index is 2.30. The van der Waals surface area contributed by atoms with E-state index in [2.05, 4.69) is 26.5 Å². The number of non-ortho nitro benzene ring substituents is 1. The van der Waals surface area contributed by atoms with Crippen molar-refractivity contribution < 1.29 is 14.5 Å². The van der Waals surface area contributed by atoms with Gasteiger partial charge >= 0.3 is 5.97 Å². The molecule has 0 unspecified atom stereocenters. The smallest absolute Gasteiger partial charge is 0.343 e. The maximum absolute atomic E-state index is 12.1. The van der Waals surface area contributed by atoms with E-state index in [0.717, 1.165) is 0 Å². The lowest BCUT2D eigenvalue weighted by Crippen LogP contribution is -2.16. The average molecular weight is 355 g/mol. The Labute approximate surface area is 150 Å². The third-order valence-corrected chi connectivity index (χ3v) is 3.02. The molecule has 0 amide bonds. The second-order valence-corrected chi connectivity index (χ2v) is 5.40. The number of carbonyl (C=O) groups excluding carboxylic acids is 1. The summed E-state index contributed by atoms with van der Waals surface area (Å²) in [7, 11) is 0. The number of esters is 1. The van der Waals surface area contributed by atoms with Crippen molar-refractivity contribution >= 4 is 29.1 Å². The van der Waals surface area contributed by atoms with E-state index in [1.165, 1.54) is 24.4 Å². The van der Waals surface area contributed by atoms with Crippen LogP contribution in [-0.2, 0) is 4.74 Å². The van der Waals surface area contributed by atoms with E-state index in [1.807, 2.05) is 0 Å². The molecule has 0 aliphatic heterocycles. The molecule has 0 saturated carbocycles. The molecular formula is C17H17N5O4. The van der Waals surface area contributed by atoms with Gasteiger partial charge in [0.1, 0.15) is 11.4 Å². The zero-order valence-electron chi connectivity index (χ0n) is 14.2. The fourth-order valence-electron chi connectivity index (χ4n) is 1.96. The van der Waals surface area contributed by atoms with Crippen LogP contribution in [-0.4, -0.2) is 33.5 Å². The molecule has 0 atom stereocenters. The SMILES string of the molecule is C#CCNc1nc(Nc2cccc([N+](=O)[O-])c2)ncc1C(=O)OC(C)C. The first kappa shape index (κ1) is 18.7. The number of nitro benzene ring substituents is 1. The van der Waals surface area contributed by atoms with Crippen LogP contribution in [0.4, 0.5) is 23.1 Å². The highest BCUT2D eigenvalue weighted by atomic mass is 16.6. The van der Waals surface area contributed by atoms with Crippen LogP contribution in [0, 0.1) is 22.5 Å². The summed E-state index contributed by atoms with van der Waals surface area (Å²) in [5.41, 5.74) is 0.496. The first-order valence-corrected chi connectivity index (χ1v) is 7.67. The van der Waals surface area contributed by atoms with E-state index in [4.69, 9.17) is 11.2 Å². The molecular weight excluding hydrogens is 338 g/mol. The van der Waals surface area contributed by atoms with E-state index < -0.39 is 10.9 Å². The van der Waals surface area contributed by atoms with E-state index in [1.54, 1.807) is 19.9 Å². The molecule has 2 N–H and O–H groups in total. The summed E-state index contributed by atoms with van der Waals surface area (Å²) in [6, 6.07) is 5.88. The standard InChI is InChI=1S/C17H17N5O4/c1-4-8-18-15-14(16(23)26-11(2)3)10-19-17(21-15)20-12-6-5-7-13(9-12)22(24)25/h1,5-7,9-11H,8H2,2-3H3,(H2,18,19,20,21). The number of nitrogens with zero attached hydrogens (tertiary/aromatic N) is 3. The van der Waals surface area contributed by atoms with Crippen LogP contribution >= 0.6 is 0 Å². The topological polar surface area (TPSA) is 119 Å². The van der Waals surface area contributed by atoms with Crippen LogP contribution in [0.5, 0.6) is 0 Å². The molecule has 0 bridgehead atoms. The van der Waals surface area contributed by atoms with Gasteiger partial charge in [0.2, 0.25) is 5.95 Å². The normalized spacial score (nSPS) is 10.1. The van der Waals surface area contributed by atoms with Gasteiger partial charge in [-0.3, -0.25) is 10.1 Å². The Kier molecular flexibility index (Phi) is 6.06. The van der Waals surface area contributed by atoms with Crippen LogP contribution in [0.25, 0.3) is 0 Å².